The molecular weight excluding hydrogens is 281 g/mol. The lowest BCUT2D eigenvalue weighted by Gasteiger charge is -2.20. The van der Waals surface area contributed by atoms with E-state index in [4.69, 9.17) is 0 Å². The summed E-state index contributed by atoms with van der Waals surface area (Å²) in [6.45, 7) is 5.13. The third-order valence-corrected chi connectivity index (χ3v) is 4.23. The molecule has 0 aliphatic carbocycles. The third kappa shape index (κ3) is 4.32. The van der Waals surface area contributed by atoms with Gasteiger partial charge in [-0.15, -0.1) is 11.8 Å². The highest BCUT2D eigenvalue weighted by atomic mass is 32.2. The lowest BCUT2D eigenvalue weighted by Crippen LogP contribution is -2.24. The first-order valence-electron chi connectivity index (χ1n) is 7.46. The minimum Gasteiger partial charge on any atom is -0.306 e. The highest BCUT2D eigenvalue weighted by Gasteiger charge is 2.16. The minimum absolute atomic E-state index is 0.0909. The molecule has 1 unspecified atom stereocenters. The fourth-order valence-corrected chi connectivity index (χ4v) is 2.99. The van der Waals surface area contributed by atoms with E-state index < -0.39 is 0 Å². The monoisotopic (exact) mass is 303 g/mol. The van der Waals surface area contributed by atoms with Gasteiger partial charge in [0.05, 0.1) is 6.04 Å². The van der Waals surface area contributed by atoms with Gasteiger partial charge in [0, 0.05) is 10.5 Å². The van der Waals surface area contributed by atoms with Crippen LogP contribution in [0.2, 0.25) is 0 Å². The van der Waals surface area contributed by atoms with E-state index >= 15 is 0 Å². The van der Waals surface area contributed by atoms with Gasteiger partial charge in [0.1, 0.15) is 5.82 Å². The molecule has 1 nitrogen and oxygen atoms in total. The molecule has 1 N–H and O–H groups in total. The lowest BCUT2D eigenvalue weighted by atomic mass is 9.98. The van der Waals surface area contributed by atoms with Gasteiger partial charge < -0.3 is 5.32 Å². The first kappa shape index (κ1) is 16.1. The second-order valence-electron chi connectivity index (χ2n) is 4.91. The number of hydrogen-bond donors (Lipinski definition) is 1. The van der Waals surface area contributed by atoms with E-state index in [1.807, 2.05) is 23.9 Å². The Bertz CT molecular complexity index is 553. The van der Waals surface area contributed by atoms with Crippen LogP contribution in [0.25, 0.3) is 0 Å². The molecule has 112 valence electrons. The van der Waals surface area contributed by atoms with Crippen LogP contribution < -0.4 is 5.32 Å². The van der Waals surface area contributed by atoms with Gasteiger partial charge in [-0.2, -0.15) is 0 Å². The molecule has 0 heterocycles. The van der Waals surface area contributed by atoms with Crippen LogP contribution in [0.1, 0.15) is 37.4 Å². The van der Waals surface area contributed by atoms with E-state index in [2.05, 4.69) is 43.4 Å². The van der Waals surface area contributed by atoms with Crippen molar-refractivity contribution in [2.75, 3.05) is 12.3 Å². The Morgan fingerprint density at radius 3 is 2.38 bits per heavy atom. The SMILES string of the molecule is CCCNC(c1ccc(SCC)cc1)c1ccccc1F. The molecule has 0 saturated heterocycles. The van der Waals surface area contributed by atoms with Gasteiger partial charge in [-0.3, -0.25) is 0 Å². The number of hydrogen-bond acceptors (Lipinski definition) is 2. The largest absolute Gasteiger partial charge is 0.306 e. The number of rotatable bonds is 7. The van der Waals surface area contributed by atoms with Gasteiger partial charge in [-0.05, 0) is 42.5 Å². The van der Waals surface area contributed by atoms with Crippen molar-refractivity contribution in [3.63, 3.8) is 0 Å². The Labute approximate surface area is 131 Å². The molecule has 0 spiro atoms. The van der Waals surface area contributed by atoms with Crippen LogP contribution in [0.3, 0.4) is 0 Å². The molecule has 3 heteroatoms. The predicted octanol–water partition coefficient (Wildman–Crippen LogP) is 5.03. The maximum Gasteiger partial charge on any atom is 0.128 e. The van der Waals surface area contributed by atoms with Crippen LogP contribution in [-0.4, -0.2) is 12.3 Å². The van der Waals surface area contributed by atoms with Crippen LogP contribution in [0.5, 0.6) is 0 Å². The van der Waals surface area contributed by atoms with Crippen molar-refractivity contribution in [1.82, 2.24) is 5.32 Å². The van der Waals surface area contributed by atoms with Gasteiger partial charge >= 0.3 is 0 Å². The van der Waals surface area contributed by atoms with Crippen LogP contribution >= 0.6 is 11.8 Å². The summed E-state index contributed by atoms with van der Waals surface area (Å²) in [5, 5.41) is 3.45. The molecule has 21 heavy (non-hydrogen) atoms. The Morgan fingerprint density at radius 2 is 1.76 bits per heavy atom. The fourth-order valence-electron chi connectivity index (χ4n) is 2.33. The Balaban J connectivity index is 2.29. The number of thioether (sulfide) groups is 1. The number of nitrogens with one attached hydrogen (secondary N) is 1. The minimum atomic E-state index is -0.155. The van der Waals surface area contributed by atoms with Gasteiger partial charge in [0.2, 0.25) is 0 Å². The van der Waals surface area contributed by atoms with Gasteiger partial charge in [0.15, 0.2) is 0 Å². The summed E-state index contributed by atoms with van der Waals surface area (Å²) < 4.78 is 14.1. The number of benzene rings is 2. The molecular formula is C18H22FNS. The molecule has 0 aliphatic heterocycles. The zero-order valence-electron chi connectivity index (χ0n) is 12.6. The molecule has 2 aromatic rings. The van der Waals surface area contributed by atoms with Crippen LogP contribution in [-0.2, 0) is 0 Å². The summed E-state index contributed by atoms with van der Waals surface area (Å²) in [4.78, 5) is 1.25. The highest BCUT2D eigenvalue weighted by Crippen LogP contribution is 2.26. The molecule has 2 aromatic carbocycles. The van der Waals surface area contributed by atoms with Crippen molar-refractivity contribution in [2.24, 2.45) is 0 Å². The summed E-state index contributed by atoms with van der Waals surface area (Å²) in [5.41, 5.74) is 1.82. The molecule has 0 bridgehead atoms. The average Bonchev–Trinajstić information content (AvgIpc) is 2.51. The van der Waals surface area contributed by atoms with Crippen molar-refractivity contribution in [2.45, 2.75) is 31.2 Å². The van der Waals surface area contributed by atoms with Crippen molar-refractivity contribution >= 4 is 11.8 Å². The summed E-state index contributed by atoms with van der Waals surface area (Å²) in [5.74, 6) is 0.905. The molecule has 2 rings (SSSR count). The van der Waals surface area contributed by atoms with Crippen molar-refractivity contribution < 1.29 is 4.39 Å². The maximum absolute atomic E-state index is 14.1. The smallest absolute Gasteiger partial charge is 0.128 e. The van der Waals surface area contributed by atoms with E-state index in [0.29, 0.717) is 5.56 Å². The first-order chi connectivity index (χ1) is 10.3. The summed E-state index contributed by atoms with van der Waals surface area (Å²) in [6, 6.07) is 15.3. The zero-order valence-corrected chi connectivity index (χ0v) is 13.4. The molecule has 1 atom stereocenters. The van der Waals surface area contributed by atoms with E-state index in [-0.39, 0.29) is 11.9 Å². The topological polar surface area (TPSA) is 12.0 Å². The zero-order chi connectivity index (χ0) is 15.1. The van der Waals surface area contributed by atoms with Crippen molar-refractivity contribution in [3.05, 3.63) is 65.5 Å². The van der Waals surface area contributed by atoms with E-state index in [0.717, 1.165) is 24.3 Å². The molecule has 0 radical (unpaired) electrons. The summed E-state index contributed by atoms with van der Waals surface area (Å²) in [6.07, 6.45) is 1.02. The number of halogens is 1. The molecule has 0 aromatic heterocycles. The van der Waals surface area contributed by atoms with Crippen molar-refractivity contribution in [1.29, 1.82) is 0 Å². The van der Waals surface area contributed by atoms with Crippen molar-refractivity contribution in [3.8, 4) is 0 Å². The normalized spacial score (nSPS) is 12.3. The van der Waals surface area contributed by atoms with Gasteiger partial charge in [-0.1, -0.05) is 44.2 Å². The van der Waals surface area contributed by atoms with Crippen LogP contribution in [0.15, 0.2) is 53.4 Å². The highest BCUT2D eigenvalue weighted by molar-refractivity contribution is 7.99. The molecule has 0 saturated carbocycles. The Morgan fingerprint density at radius 1 is 1.05 bits per heavy atom. The van der Waals surface area contributed by atoms with E-state index in [9.17, 15) is 4.39 Å². The van der Waals surface area contributed by atoms with Crippen LogP contribution in [0, 0.1) is 5.82 Å². The van der Waals surface area contributed by atoms with Crippen LogP contribution in [0.4, 0.5) is 4.39 Å². The molecule has 0 amide bonds. The van der Waals surface area contributed by atoms with Gasteiger partial charge in [0.25, 0.3) is 0 Å². The second-order valence-corrected chi connectivity index (χ2v) is 6.25. The summed E-state index contributed by atoms with van der Waals surface area (Å²) >= 11 is 1.82. The summed E-state index contributed by atoms with van der Waals surface area (Å²) in [7, 11) is 0. The third-order valence-electron chi connectivity index (χ3n) is 3.34. The second kappa shape index (κ2) is 8.20. The average molecular weight is 303 g/mol. The Hall–Kier alpha value is -1.32. The maximum atomic E-state index is 14.1. The quantitative estimate of drug-likeness (QED) is 0.720. The first-order valence-corrected chi connectivity index (χ1v) is 8.45. The predicted molar refractivity (Wildman–Crippen MR) is 89.4 cm³/mol. The van der Waals surface area contributed by atoms with E-state index in [1.165, 1.54) is 11.0 Å². The Kier molecular flexibility index (Phi) is 6.27. The molecule has 0 fully saturated rings. The van der Waals surface area contributed by atoms with Gasteiger partial charge in [-0.25, -0.2) is 4.39 Å². The van der Waals surface area contributed by atoms with E-state index in [1.54, 1.807) is 6.07 Å². The fraction of sp³-hybridized carbons (Fsp3) is 0.333. The lowest BCUT2D eigenvalue weighted by molar-refractivity contribution is 0.546. The molecule has 0 aliphatic rings. The standard InChI is InChI=1S/C18H22FNS/c1-3-13-20-18(16-7-5-6-8-17(16)19)14-9-11-15(12-10-14)21-4-2/h5-12,18,20H,3-4,13H2,1-2H3.